The molecule has 0 saturated carbocycles. The summed E-state index contributed by atoms with van der Waals surface area (Å²) in [5.74, 6) is -0.518. The number of hydrogen-bond acceptors (Lipinski definition) is 7. The van der Waals surface area contributed by atoms with E-state index in [9.17, 15) is 9.59 Å². The lowest BCUT2D eigenvalue weighted by atomic mass is 10.1. The van der Waals surface area contributed by atoms with Crippen LogP contribution in [0, 0.1) is 0 Å². The summed E-state index contributed by atoms with van der Waals surface area (Å²) < 4.78 is 5.26. The Kier molecular flexibility index (Phi) is 5.99. The molecule has 0 aliphatic carbocycles. The van der Waals surface area contributed by atoms with E-state index in [-0.39, 0.29) is 18.1 Å². The topological polar surface area (TPSA) is 108 Å². The van der Waals surface area contributed by atoms with Crippen molar-refractivity contribution in [2.24, 2.45) is 0 Å². The number of carbonyl (C=O) groups excluding carboxylic acids is 2. The molecule has 1 amide bonds. The number of hydrogen-bond donors (Lipinski definition) is 3. The second-order valence-electron chi connectivity index (χ2n) is 4.78. The van der Waals surface area contributed by atoms with Crippen molar-refractivity contribution in [2.45, 2.75) is 13.5 Å². The minimum absolute atomic E-state index is 0.199. The number of nitrogens with one attached hydrogen (secondary N) is 1. The molecule has 8 heteroatoms. The van der Waals surface area contributed by atoms with Crippen molar-refractivity contribution in [1.29, 1.82) is 0 Å². The van der Waals surface area contributed by atoms with E-state index < -0.39 is 11.4 Å². The molecular formula is C16H16N2O6. The summed E-state index contributed by atoms with van der Waals surface area (Å²) in [6.45, 7) is 1.17. The van der Waals surface area contributed by atoms with Crippen LogP contribution in [0.5, 0.6) is 5.75 Å². The van der Waals surface area contributed by atoms with E-state index in [0.29, 0.717) is 17.0 Å². The van der Waals surface area contributed by atoms with E-state index >= 15 is 0 Å². The molecule has 0 aliphatic rings. The van der Waals surface area contributed by atoms with Crippen molar-refractivity contribution in [3.05, 3.63) is 59.7 Å². The molecule has 0 spiro atoms. The van der Waals surface area contributed by atoms with Crippen LogP contribution in [0.4, 0.5) is 5.69 Å². The van der Waals surface area contributed by atoms with Gasteiger partial charge in [0.2, 0.25) is 5.91 Å². The molecule has 2 aromatic carbocycles. The summed E-state index contributed by atoms with van der Waals surface area (Å²) >= 11 is 0. The zero-order valence-electron chi connectivity index (χ0n) is 12.8. The fourth-order valence-electron chi connectivity index (χ4n) is 1.94. The molecule has 0 saturated heterocycles. The van der Waals surface area contributed by atoms with Crippen LogP contribution in [-0.4, -0.2) is 27.7 Å². The number of benzene rings is 2. The van der Waals surface area contributed by atoms with Crippen LogP contribution in [0.25, 0.3) is 0 Å². The average molecular weight is 332 g/mol. The van der Waals surface area contributed by atoms with E-state index in [2.05, 4.69) is 10.2 Å². The minimum atomic E-state index is -0.621. The molecule has 0 unspecified atom stereocenters. The first-order chi connectivity index (χ1) is 11.5. The largest absolute Gasteiger partial charge is 0.423 e. The Morgan fingerprint density at radius 3 is 2.38 bits per heavy atom. The molecule has 126 valence electrons. The molecule has 0 heterocycles. The van der Waals surface area contributed by atoms with E-state index in [4.69, 9.17) is 15.2 Å². The zero-order valence-corrected chi connectivity index (χ0v) is 12.8. The second-order valence-corrected chi connectivity index (χ2v) is 4.78. The first-order valence-electron chi connectivity index (χ1n) is 6.94. The summed E-state index contributed by atoms with van der Waals surface area (Å²) in [7, 11) is 0. The van der Waals surface area contributed by atoms with E-state index in [0.717, 1.165) is 0 Å². The fourth-order valence-corrected chi connectivity index (χ4v) is 1.94. The van der Waals surface area contributed by atoms with Crippen LogP contribution in [0.3, 0.4) is 0 Å². The van der Waals surface area contributed by atoms with Crippen molar-refractivity contribution in [2.75, 3.05) is 5.32 Å². The summed E-state index contributed by atoms with van der Waals surface area (Å²) in [5.41, 5.74) is 1.23. The molecule has 0 aliphatic heterocycles. The van der Waals surface area contributed by atoms with Gasteiger partial charge in [-0.25, -0.2) is 9.63 Å². The Morgan fingerprint density at radius 1 is 1.08 bits per heavy atom. The maximum Gasteiger partial charge on any atom is 0.343 e. The van der Waals surface area contributed by atoms with Crippen molar-refractivity contribution < 1.29 is 29.6 Å². The molecule has 0 fully saturated rings. The van der Waals surface area contributed by atoms with Gasteiger partial charge in [-0.2, -0.15) is 0 Å². The van der Waals surface area contributed by atoms with Gasteiger partial charge < -0.3 is 10.1 Å². The van der Waals surface area contributed by atoms with Crippen LogP contribution in [-0.2, 0) is 16.2 Å². The molecular weight excluding hydrogens is 316 g/mol. The molecule has 0 aromatic heterocycles. The predicted molar refractivity (Wildman–Crippen MR) is 82.3 cm³/mol. The maximum atomic E-state index is 12.3. The Morgan fingerprint density at radius 2 is 1.75 bits per heavy atom. The summed E-state index contributed by atoms with van der Waals surface area (Å²) in [4.78, 5) is 27.7. The van der Waals surface area contributed by atoms with Gasteiger partial charge in [-0.3, -0.25) is 15.2 Å². The second kappa shape index (κ2) is 8.18. The van der Waals surface area contributed by atoms with Crippen LogP contribution in [0.15, 0.2) is 48.5 Å². The zero-order chi connectivity index (χ0) is 17.5. The number of anilines is 1. The number of nitrogens with zero attached hydrogens (tertiary/aromatic N) is 1. The monoisotopic (exact) mass is 332 g/mol. The van der Waals surface area contributed by atoms with Crippen LogP contribution in [0.2, 0.25) is 0 Å². The van der Waals surface area contributed by atoms with Crippen molar-refractivity contribution >= 4 is 17.6 Å². The van der Waals surface area contributed by atoms with Gasteiger partial charge in [0.15, 0.2) is 0 Å². The third-order valence-electron chi connectivity index (χ3n) is 2.96. The Hall–Kier alpha value is -2.78. The van der Waals surface area contributed by atoms with E-state index in [1.165, 1.54) is 13.0 Å². The van der Waals surface area contributed by atoms with Crippen molar-refractivity contribution in [3.63, 3.8) is 0 Å². The van der Waals surface area contributed by atoms with E-state index in [1.54, 1.807) is 42.5 Å². The first kappa shape index (κ1) is 17.6. The summed E-state index contributed by atoms with van der Waals surface area (Å²) in [6, 6.07) is 12.8. The predicted octanol–water partition coefficient (Wildman–Crippen LogP) is 2.38. The smallest absolute Gasteiger partial charge is 0.343 e. The number of rotatable bonds is 6. The SMILES string of the molecule is CC(=O)Nc1ccc(OC(=O)c2ccccc2CON(O)O)cc1. The van der Waals surface area contributed by atoms with Crippen LogP contribution >= 0.6 is 0 Å². The highest BCUT2D eigenvalue weighted by Crippen LogP contribution is 2.19. The first-order valence-corrected chi connectivity index (χ1v) is 6.94. The Bertz CT molecular complexity index is 715. The molecule has 3 N–H and O–H groups in total. The highest BCUT2D eigenvalue weighted by molar-refractivity contribution is 5.93. The van der Waals surface area contributed by atoms with Gasteiger partial charge in [0.25, 0.3) is 0 Å². The Balaban J connectivity index is 2.08. The lowest BCUT2D eigenvalue weighted by Gasteiger charge is -2.11. The number of carbonyl (C=O) groups is 2. The summed E-state index contributed by atoms with van der Waals surface area (Å²) in [6.07, 6.45) is 0. The fraction of sp³-hybridized carbons (Fsp3) is 0.125. The summed E-state index contributed by atoms with van der Waals surface area (Å²) in [5, 5.41) is 19.4. The van der Waals surface area contributed by atoms with Gasteiger partial charge >= 0.3 is 5.97 Å². The Labute approximate surface area is 137 Å². The number of amides is 1. The van der Waals surface area contributed by atoms with Crippen LogP contribution < -0.4 is 10.1 Å². The quantitative estimate of drug-likeness (QED) is 0.423. The molecule has 0 bridgehead atoms. The van der Waals surface area contributed by atoms with Crippen molar-refractivity contribution in [1.82, 2.24) is 5.39 Å². The third kappa shape index (κ3) is 5.14. The normalized spacial score (nSPS) is 10.5. The standard InChI is InChI=1S/C16H16N2O6/c1-11(19)17-13-6-8-14(9-7-13)24-16(20)15-5-3-2-4-12(15)10-23-18(21)22/h2-9,21-22H,10H2,1H3,(H,17,19). The van der Waals surface area contributed by atoms with Gasteiger partial charge in [-0.1, -0.05) is 18.2 Å². The van der Waals surface area contributed by atoms with E-state index in [1.807, 2.05) is 0 Å². The van der Waals surface area contributed by atoms with Crippen molar-refractivity contribution in [3.8, 4) is 5.75 Å². The minimum Gasteiger partial charge on any atom is -0.423 e. The highest BCUT2D eigenvalue weighted by Gasteiger charge is 2.14. The maximum absolute atomic E-state index is 12.3. The number of esters is 1. The molecule has 2 aromatic rings. The third-order valence-corrected chi connectivity index (χ3v) is 2.96. The molecule has 2 rings (SSSR count). The molecule has 0 atom stereocenters. The molecule has 0 radical (unpaired) electrons. The van der Waals surface area contributed by atoms with Gasteiger partial charge in [0.1, 0.15) is 5.75 Å². The van der Waals surface area contributed by atoms with Gasteiger partial charge in [-0.15, -0.1) is 0 Å². The number of ether oxygens (including phenoxy) is 1. The highest BCUT2D eigenvalue weighted by atomic mass is 17.1. The van der Waals surface area contributed by atoms with Gasteiger partial charge in [0.05, 0.1) is 17.6 Å². The lowest BCUT2D eigenvalue weighted by molar-refractivity contribution is -0.497. The van der Waals surface area contributed by atoms with Gasteiger partial charge in [-0.05, 0) is 35.9 Å². The molecule has 24 heavy (non-hydrogen) atoms. The average Bonchev–Trinajstić information content (AvgIpc) is 2.54. The molecule has 8 nitrogen and oxygen atoms in total. The lowest BCUT2D eigenvalue weighted by Crippen LogP contribution is -2.17. The van der Waals surface area contributed by atoms with Crippen LogP contribution in [0.1, 0.15) is 22.8 Å². The van der Waals surface area contributed by atoms with Gasteiger partial charge in [0, 0.05) is 12.6 Å².